The number of nitrogens with zero attached hydrogens (tertiary/aromatic N) is 2. The van der Waals surface area contributed by atoms with Crippen LogP contribution in [0.2, 0.25) is 0 Å². The summed E-state index contributed by atoms with van der Waals surface area (Å²) in [6.07, 6.45) is 0.657. The number of nitriles is 1. The van der Waals surface area contributed by atoms with E-state index in [9.17, 15) is 14.4 Å². The number of methoxy groups -OCH3 is 1. The second-order valence-corrected chi connectivity index (χ2v) is 9.22. The highest BCUT2D eigenvalue weighted by Gasteiger charge is 2.29. The molecule has 2 aromatic carbocycles. The van der Waals surface area contributed by atoms with Crippen LogP contribution in [0.5, 0.6) is 5.75 Å². The Kier molecular flexibility index (Phi) is 4.85. The Morgan fingerprint density at radius 1 is 1.18 bits per heavy atom. The number of hydrogen-bond acceptors (Lipinski definition) is 6. The molecule has 1 aliphatic rings. The van der Waals surface area contributed by atoms with Crippen molar-refractivity contribution in [2.45, 2.75) is 12.5 Å². The molecule has 1 atom stereocenters. The molecule has 1 aromatic heterocycles. The van der Waals surface area contributed by atoms with Gasteiger partial charge in [0.05, 0.1) is 12.9 Å². The summed E-state index contributed by atoms with van der Waals surface area (Å²) in [6, 6.07) is 17.5. The standard InChI is InChI=1S/C21H21N3O3S/c1-27-16-7-8-17-18(11-16)20(14-5-3-2-4-6-14)19(12-22)24-21(17)23-15-9-10-28(25,26)13-15/h2-8,11,15,25-26H,9-10,13H2,1H3,(H,23,24). The number of anilines is 1. The van der Waals surface area contributed by atoms with Gasteiger partial charge in [0.15, 0.2) is 5.69 Å². The molecule has 1 unspecified atom stereocenters. The molecule has 0 spiro atoms. The van der Waals surface area contributed by atoms with E-state index in [2.05, 4.69) is 16.4 Å². The Morgan fingerprint density at radius 3 is 2.61 bits per heavy atom. The number of aromatic nitrogens is 1. The van der Waals surface area contributed by atoms with Crippen LogP contribution in [0.4, 0.5) is 5.82 Å². The topological polar surface area (TPSA) is 98.4 Å². The minimum atomic E-state index is -2.52. The molecular weight excluding hydrogens is 374 g/mol. The lowest BCUT2D eigenvalue weighted by Crippen LogP contribution is -2.21. The lowest BCUT2D eigenvalue weighted by atomic mass is 9.97. The number of benzene rings is 2. The average Bonchev–Trinajstić information content (AvgIpc) is 3.06. The second kappa shape index (κ2) is 7.32. The number of fused-ring (bicyclic) bond motifs is 1. The molecule has 28 heavy (non-hydrogen) atoms. The van der Waals surface area contributed by atoms with E-state index in [1.54, 1.807) is 7.11 Å². The zero-order chi connectivity index (χ0) is 19.7. The Morgan fingerprint density at radius 2 is 1.96 bits per heavy atom. The summed E-state index contributed by atoms with van der Waals surface area (Å²) in [6.45, 7) is 0. The molecule has 4 rings (SSSR count). The van der Waals surface area contributed by atoms with Crippen LogP contribution in [0.1, 0.15) is 12.1 Å². The van der Waals surface area contributed by atoms with E-state index in [0.29, 0.717) is 35.2 Å². The number of rotatable bonds is 4. The fraction of sp³-hybridized carbons (Fsp3) is 0.238. The van der Waals surface area contributed by atoms with Crippen molar-refractivity contribution in [1.82, 2.24) is 4.98 Å². The van der Waals surface area contributed by atoms with Gasteiger partial charge in [0.2, 0.25) is 0 Å². The first-order valence-corrected chi connectivity index (χ1v) is 10.9. The number of pyridine rings is 1. The highest BCUT2D eigenvalue weighted by atomic mass is 32.3. The van der Waals surface area contributed by atoms with Crippen molar-refractivity contribution in [1.29, 1.82) is 5.26 Å². The molecule has 144 valence electrons. The zero-order valence-corrected chi connectivity index (χ0v) is 16.2. The van der Waals surface area contributed by atoms with Gasteiger partial charge < -0.3 is 10.1 Å². The maximum Gasteiger partial charge on any atom is 0.151 e. The van der Waals surface area contributed by atoms with Crippen LogP contribution in [-0.4, -0.2) is 38.7 Å². The minimum Gasteiger partial charge on any atom is -0.497 e. The Bertz CT molecular complexity index is 1060. The normalized spacial score (nSPS) is 19.1. The van der Waals surface area contributed by atoms with Crippen LogP contribution in [-0.2, 0) is 0 Å². The van der Waals surface area contributed by atoms with Gasteiger partial charge in [-0.3, -0.25) is 9.11 Å². The largest absolute Gasteiger partial charge is 0.497 e. The molecule has 3 N–H and O–H groups in total. The highest BCUT2D eigenvalue weighted by molar-refractivity contribution is 8.24. The molecule has 6 nitrogen and oxygen atoms in total. The fourth-order valence-corrected chi connectivity index (χ4v) is 5.36. The lowest BCUT2D eigenvalue weighted by Gasteiger charge is -2.26. The highest BCUT2D eigenvalue weighted by Crippen LogP contribution is 2.47. The smallest absolute Gasteiger partial charge is 0.151 e. The summed E-state index contributed by atoms with van der Waals surface area (Å²) in [5, 5.41) is 14.8. The molecule has 1 aliphatic heterocycles. The molecule has 1 fully saturated rings. The maximum atomic E-state index is 9.93. The summed E-state index contributed by atoms with van der Waals surface area (Å²) >= 11 is 0. The van der Waals surface area contributed by atoms with Gasteiger partial charge in [0, 0.05) is 22.7 Å². The van der Waals surface area contributed by atoms with Gasteiger partial charge in [-0.15, -0.1) is 0 Å². The molecule has 7 heteroatoms. The number of hydrogen-bond donors (Lipinski definition) is 3. The second-order valence-electron chi connectivity index (χ2n) is 6.88. The van der Waals surface area contributed by atoms with Gasteiger partial charge in [-0.1, -0.05) is 30.3 Å². The molecule has 0 saturated carbocycles. The van der Waals surface area contributed by atoms with E-state index in [-0.39, 0.29) is 6.04 Å². The molecule has 0 amide bonds. The number of ether oxygens (including phenoxy) is 1. The van der Waals surface area contributed by atoms with Gasteiger partial charge in [0.25, 0.3) is 0 Å². The van der Waals surface area contributed by atoms with E-state index in [1.807, 2.05) is 48.5 Å². The SMILES string of the molecule is COc1ccc2c(NC3CCS(O)(O)C3)nc(C#N)c(-c3ccccc3)c2c1. The Hall–Kier alpha value is -2.79. The van der Waals surface area contributed by atoms with Crippen molar-refractivity contribution < 1.29 is 13.8 Å². The minimum absolute atomic E-state index is 0.0862. The van der Waals surface area contributed by atoms with Crippen molar-refractivity contribution in [2.75, 3.05) is 23.9 Å². The Labute approximate surface area is 165 Å². The van der Waals surface area contributed by atoms with Crippen LogP contribution in [0.25, 0.3) is 21.9 Å². The first-order valence-electron chi connectivity index (χ1n) is 8.98. The quantitative estimate of drug-likeness (QED) is 0.591. The van der Waals surface area contributed by atoms with E-state index in [0.717, 1.165) is 21.9 Å². The molecule has 0 radical (unpaired) electrons. The summed E-state index contributed by atoms with van der Waals surface area (Å²) in [4.78, 5) is 4.60. The Balaban J connectivity index is 1.90. The van der Waals surface area contributed by atoms with Crippen LogP contribution in [0.15, 0.2) is 48.5 Å². The van der Waals surface area contributed by atoms with Crippen molar-refractivity contribution in [2.24, 2.45) is 0 Å². The molecule has 0 bridgehead atoms. The van der Waals surface area contributed by atoms with Crippen LogP contribution < -0.4 is 10.1 Å². The van der Waals surface area contributed by atoms with E-state index >= 15 is 0 Å². The van der Waals surface area contributed by atoms with E-state index < -0.39 is 10.6 Å². The van der Waals surface area contributed by atoms with Crippen molar-refractivity contribution >= 4 is 27.2 Å². The maximum absolute atomic E-state index is 9.93. The summed E-state index contributed by atoms with van der Waals surface area (Å²) < 4.78 is 25.3. The fourth-order valence-electron chi connectivity index (χ4n) is 3.63. The molecule has 2 heterocycles. The third-order valence-corrected chi connectivity index (χ3v) is 6.81. The lowest BCUT2D eigenvalue weighted by molar-refractivity contribution is 0.415. The molecule has 1 saturated heterocycles. The van der Waals surface area contributed by atoms with E-state index in [4.69, 9.17) is 4.74 Å². The van der Waals surface area contributed by atoms with Gasteiger partial charge in [-0.05, 0) is 35.6 Å². The molecule has 3 aromatic rings. The van der Waals surface area contributed by atoms with Gasteiger partial charge in [-0.25, -0.2) is 4.98 Å². The van der Waals surface area contributed by atoms with Gasteiger partial charge in [-0.2, -0.15) is 15.9 Å². The van der Waals surface area contributed by atoms with Gasteiger partial charge >= 0.3 is 0 Å². The van der Waals surface area contributed by atoms with E-state index in [1.165, 1.54) is 0 Å². The van der Waals surface area contributed by atoms with Crippen LogP contribution >= 0.6 is 10.6 Å². The number of nitrogens with one attached hydrogen (secondary N) is 1. The van der Waals surface area contributed by atoms with Crippen molar-refractivity contribution in [3.05, 3.63) is 54.2 Å². The van der Waals surface area contributed by atoms with Crippen LogP contribution in [0.3, 0.4) is 0 Å². The summed E-state index contributed by atoms with van der Waals surface area (Å²) in [5.41, 5.74) is 1.99. The predicted octanol–water partition coefficient (Wildman–Crippen LogP) is 4.72. The zero-order valence-electron chi connectivity index (χ0n) is 15.4. The first kappa shape index (κ1) is 18.6. The van der Waals surface area contributed by atoms with Gasteiger partial charge in [0.1, 0.15) is 17.6 Å². The first-order chi connectivity index (χ1) is 13.5. The third-order valence-electron chi connectivity index (χ3n) is 4.98. The monoisotopic (exact) mass is 395 g/mol. The van der Waals surface area contributed by atoms with Crippen molar-refractivity contribution in [3.8, 4) is 22.9 Å². The summed E-state index contributed by atoms with van der Waals surface area (Å²) in [5.74, 6) is 1.97. The average molecular weight is 395 g/mol. The summed E-state index contributed by atoms with van der Waals surface area (Å²) in [7, 11) is -0.912. The van der Waals surface area contributed by atoms with Crippen LogP contribution in [0, 0.1) is 11.3 Å². The van der Waals surface area contributed by atoms with Crippen molar-refractivity contribution in [3.63, 3.8) is 0 Å². The molecule has 0 aliphatic carbocycles. The molecular formula is C21H21N3O3S. The predicted molar refractivity (Wildman–Crippen MR) is 113 cm³/mol. The third kappa shape index (κ3) is 3.50.